The van der Waals surface area contributed by atoms with Gasteiger partial charge in [0.25, 0.3) is 5.91 Å². The maximum Gasteiger partial charge on any atom is 0.269 e. The Morgan fingerprint density at radius 2 is 1.93 bits per heavy atom. The number of carbonyl (C=O) groups excluding carboxylic acids is 1. The van der Waals surface area contributed by atoms with Crippen LogP contribution >= 0.6 is 11.6 Å². The van der Waals surface area contributed by atoms with Crippen molar-refractivity contribution in [1.82, 2.24) is 25.2 Å². The molecule has 0 aliphatic heterocycles. The van der Waals surface area contributed by atoms with Crippen molar-refractivity contribution in [3.05, 3.63) is 77.5 Å². The number of nitrogens with one attached hydrogen (secondary N) is 2. The molecule has 2 heterocycles. The predicted octanol–water partition coefficient (Wildman–Crippen LogP) is 3.36. The van der Waals surface area contributed by atoms with Crippen LogP contribution < -0.4 is 10.9 Å². The van der Waals surface area contributed by atoms with Crippen molar-refractivity contribution in [3.63, 3.8) is 0 Å². The number of amides is 1. The van der Waals surface area contributed by atoms with Gasteiger partial charge in [-0.2, -0.15) is 5.10 Å². The first-order chi connectivity index (χ1) is 13.1. The molecule has 0 bridgehead atoms. The number of benzene rings is 2. The first-order valence-electron chi connectivity index (χ1n) is 7.88. The lowest BCUT2D eigenvalue weighted by Gasteiger charge is -2.09. The number of hydrogen-bond acceptors (Lipinski definition) is 5. The third-order valence-corrected chi connectivity index (χ3v) is 4.05. The van der Waals surface area contributed by atoms with E-state index in [0.717, 1.165) is 0 Å². The lowest BCUT2D eigenvalue weighted by molar-refractivity contribution is 0.0962. The molecule has 0 atom stereocenters. The normalized spacial score (nSPS) is 10.7. The minimum atomic E-state index is -0.366. The number of hydrogen-bond donors (Lipinski definition) is 2. The van der Waals surface area contributed by atoms with E-state index in [4.69, 9.17) is 11.6 Å². The van der Waals surface area contributed by atoms with Crippen molar-refractivity contribution in [2.75, 3.05) is 5.43 Å². The van der Waals surface area contributed by atoms with E-state index in [9.17, 15) is 9.18 Å². The number of nitrogens with zero attached hydrogens (tertiary/aromatic N) is 4. The number of carbonyl (C=O) groups is 1. The SMILES string of the molecule is O=C(NNc1ncnc2c1cnn2-c1ccc(F)cc1)c1cccc(Cl)c1. The Balaban J connectivity index is 1.60. The quantitative estimate of drug-likeness (QED) is 0.529. The third-order valence-electron chi connectivity index (χ3n) is 3.82. The minimum absolute atomic E-state index is 0.337. The molecule has 0 saturated carbocycles. The second-order valence-corrected chi connectivity index (χ2v) is 6.02. The smallest absolute Gasteiger partial charge is 0.269 e. The van der Waals surface area contributed by atoms with E-state index in [1.807, 2.05) is 0 Å². The Kier molecular flexibility index (Phi) is 4.39. The van der Waals surface area contributed by atoms with Crippen LogP contribution in [0, 0.1) is 5.82 Å². The summed E-state index contributed by atoms with van der Waals surface area (Å²) in [6.45, 7) is 0. The maximum absolute atomic E-state index is 13.1. The van der Waals surface area contributed by atoms with E-state index in [1.54, 1.807) is 47.3 Å². The zero-order valence-electron chi connectivity index (χ0n) is 13.7. The molecule has 2 aromatic carbocycles. The molecule has 4 aromatic rings. The van der Waals surface area contributed by atoms with E-state index in [1.165, 1.54) is 18.5 Å². The number of hydrazine groups is 1. The molecule has 0 spiro atoms. The predicted molar refractivity (Wildman–Crippen MR) is 99.2 cm³/mol. The van der Waals surface area contributed by atoms with Gasteiger partial charge in [0, 0.05) is 10.6 Å². The molecule has 27 heavy (non-hydrogen) atoms. The number of aromatic nitrogens is 4. The van der Waals surface area contributed by atoms with Gasteiger partial charge in [0.05, 0.1) is 17.3 Å². The fraction of sp³-hybridized carbons (Fsp3) is 0. The number of fused-ring (bicyclic) bond motifs is 1. The Bertz CT molecular complexity index is 1130. The first-order valence-corrected chi connectivity index (χ1v) is 8.26. The van der Waals surface area contributed by atoms with Gasteiger partial charge in [-0.1, -0.05) is 17.7 Å². The van der Waals surface area contributed by atoms with Gasteiger partial charge in [-0.3, -0.25) is 15.6 Å². The number of rotatable bonds is 4. The van der Waals surface area contributed by atoms with E-state index in [0.29, 0.717) is 33.1 Å². The molecule has 4 rings (SSSR count). The molecule has 0 aliphatic rings. The molecule has 0 radical (unpaired) electrons. The van der Waals surface area contributed by atoms with Crippen LogP contribution in [0.2, 0.25) is 5.02 Å². The van der Waals surface area contributed by atoms with Gasteiger partial charge in [-0.25, -0.2) is 19.0 Å². The molecule has 0 unspecified atom stereocenters. The second kappa shape index (κ2) is 7.00. The zero-order chi connectivity index (χ0) is 18.8. The lowest BCUT2D eigenvalue weighted by atomic mass is 10.2. The van der Waals surface area contributed by atoms with E-state index >= 15 is 0 Å². The first kappa shape index (κ1) is 16.9. The fourth-order valence-corrected chi connectivity index (χ4v) is 2.72. The van der Waals surface area contributed by atoms with Crippen LogP contribution in [-0.2, 0) is 0 Å². The number of halogens is 2. The summed E-state index contributed by atoms with van der Waals surface area (Å²) in [5.74, 6) is -0.324. The van der Waals surface area contributed by atoms with Gasteiger partial charge in [0.1, 0.15) is 12.1 Å². The van der Waals surface area contributed by atoms with Crippen LogP contribution in [0.3, 0.4) is 0 Å². The summed E-state index contributed by atoms with van der Waals surface area (Å²) >= 11 is 5.90. The van der Waals surface area contributed by atoms with Gasteiger partial charge in [-0.15, -0.1) is 0 Å². The maximum atomic E-state index is 13.1. The third kappa shape index (κ3) is 3.42. The molecule has 1 amide bonds. The van der Waals surface area contributed by atoms with E-state index in [2.05, 4.69) is 25.9 Å². The molecule has 0 aliphatic carbocycles. The summed E-state index contributed by atoms with van der Waals surface area (Å²) in [5, 5.41) is 5.33. The minimum Gasteiger partial charge on any atom is -0.281 e. The van der Waals surface area contributed by atoms with Crippen molar-refractivity contribution >= 4 is 34.4 Å². The van der Waals surface area contributed by atoms with Crippen molar-refractivity contribution in [2.24, 2.45) is 0 Å². The van der Waals surface area contributed by atoms with Crippen molar-refractivity contribution < 1.29 is 9.18 Å². The molecule has 2 N–H and O–H groups in total. The molecular weight excluding hydrogens is 371 g/mol. The van der Waals surface area contributed by atoms with Crippen LogP contribution in [0.5, 0.6) is 0 Å². The Hall–Kier alpha value is -3.52. The van der Waals surface area contributed by atoms with Crippen molar-refractivity contribution in [2.45, 2.75) is 0 Å². The highest BCUT2D eigenvalue weighted by Gasteiger charge is 2.12. The topological polar surface area (TPSA) is 84.7 Å². The summed E-state index contributed by atoms with van der Waals surface area (Å²) in [6, 6.07) is 12.4. The Morgan fingerprint density at radius 1 is 1.11 bits per heavy atom. The summed E-state index contributed by atoms with van der Waals surface area (Å²) < 4.78 is 14.7. The average molecular weight is 383 g/mol. The molecule has 2 aromatic heterocycles. The van der Waals surface area contributed by atoms with Crippen molar-refractivity contribution in [3.8, 4) is 5.69 Å². The van der Waals surface area contributed by atoms with Gasteiger partial charge in [-0.05, 0) is 42.5 Å². The van der Waals surface area contributed by atoms with Crippen LogP contribution in [-0.4, -0.2) is 25.7 Å². The van der Waals surface area contributed by atoms with Crippen molar-refractivity contribution in [1.29, 1.82) is 0 Å². The lowest BCUT2D eigenvalue weighted by Crippen LogP contribution is -2.29. The summed E-state index contributed by atoms with van der Waals surface area (Å²) in [4.78, 5) is 20.6. The Morgan fingerprint density at radius 3 is 2.70 bits per heavy atom. The second-order valence-electron chi connectivity index (χ2n) is 5.58. The zero-order valence-corrected chi connectivity index (χ0v) is 14.5. The fourth-order valence-electron chi connectivity index (χ4n) is 2.53. The average Bonchev–Trinajstić information content (AvgIpc) is 3.11. The highest BCUT2D eigenvalue weighted by atomic mass is 35.5. The van der Waals surface area contributed by atoms with Gasteiger partial charge < -0.3 is 0 Å². The standard InChI is InChI=1S/C18H12ClFN6O/c19-12-3-1-2-11(8-12)18(27)25-24-16-15-9-23-26(17(15)22-10-21-16)14-6-4-13(20)5-7-14/h1-10H,(H,25,27)(H,21,22,24). The molecule has 0 saturated heterocycles. The van der Waals surface area contributed by atoms with E-state index in [-0.39, 0.29) is 11.7 Å². The van der Waals surface area contributed by atoms with Gasteiger partial charge in [0.2, 0.25) is 0 Å². The summed E-state index contributed by atoms with van der Waals surface area (Å²) in [5.41, 5.74) is 6.91. The molecule has 134 valence electrons. The van der Waals surface area contributed by atoms with E-state index < -0.39 is 0 Å². The Labute approximate surface area is 157 Å². The highest BCUT2D eigenvalue weighted by molar-refractivity contribution is 6.30. The molecule has 7 nitrogen and oxygen atoms in total. The van der Waals surface area contributed by atoms with Crippen LogP contribution in [0.4, 0.5) is 10.2 Å². The van der Waals surface area contributed by atoms with Crippen LogP contribution in [0.25, 0.3) is 16.7 Å². The molecule has 9 heteroatoms. The largest absolute Gasteiger partial charge is 0.281 e. The number of anilines is 1. The van der Waals surface area contributed by atoms with Gasteiger partial charge in [0.15, 0.2) is 11.5 Å². The highest BCUT2D eigenvalue weighted by Crippen LogP contribution is 2.21. The van der Waals surface area contributed by atoms with Crippen LogP contribution in [0.1, 0.15) is 10.4 Å². The van der Waals surface area contributed by atoms with Crippen LogP contribution in [0.15, 0.2) is 61.1 Å². The van der Waals surface area contributed by atoms with Gasteiger partial charge >= 0.3 is 0 Å². The monoisotopic (exact) mass is 382 g/mol. The summed E-state index contributed by atoms with van der Waals surface area (Å²) in [6.07, 6.45) is 2.91. The molecular formula is C18H12ClFN6O. The summed E-state index contributed by atoms with van der Waals surface area (Å²) in [7, 11) is 0. The molecule has 0 fully saturated rings.